The van der Waals surface area contributed by atoms with Crippen molar-refractivity contribution < 1.29 is 14.7 Å². The Morgan fingerprint density at radius 1 is 1.28 bits per heavy atom. The van der Waals surface area contributed by atoms with Gasteiger partial charge in [0.2, 0.25) is 5.91 Å². The van der Waals surface area contributed by atoms with Crippen molar-refractivity contribution in [1.29, 1.82) is 0 Å². The van der Waals surface area contributed by atoms with E-state index in [0.717, 1.165) is 12.8 Å². The van der Waals surface area contributed by atoms with E-state index in [0.29, 0.717) is 12.0 Å². The predicted molar refractivity (Wildman–Crippen MR) is 69.4 cm³/mol. The van der Waals surface area contributed by atoms with E-state index in [4.69, 9.17) is 5.11 Å². The highest BCUT2D eigenvalue weighted by Crippen LogP contribution is 2.14. The molecule has 0 fully saturated rings. The van der Waals surface area contributed by atoms with Crippen LogP contribution in [0.15, 0.2) is 30.3 Å². The molecule has 1 atom stereocenters. The fraction of sp³-hybridized carbons (Fsp3) is 0.429. The number of carbonyl (C=O) groups excluding carboxylic acids is 1. The summed E-state index contributed by atoms with van der Waals surface area (Å²) < 4.78 is 0. The van der Waals surface area contributed by atoms with Crippen molar-refractivity contribution in [3.8, 4) is 0 Å². The van der Waals surface area contributed by atoms with Crippen LogP contribution in [0, 0.1) is 0 Å². The molecule has 0 aliphatic carbocycles. The normalized spacial score (nSPS) is 11.8. The summed E-state index contributed by atoms with van der Waals surface area (Å²) in [7, 11) is 0. The molecule has 0 aromatic heterocycles. The monoisotopic (exact) mass is 249 g/mol. The number of amides is 1. The van der Waals surface area contributed by atoms with Crippen molar-refractivity contribution in [3.63, 3.8) is 0 Å². The molecule has 0 spiro atoms. The van der Waals surface area contributed by atoms with Crippen LogP contribution in [0.3, 0.4) is 0 Å². The Bertz CT molecular complexity index is 389. The molecule has 4 nitrogen and oxygen atoms in total. The Labute approximate surface area is 107 Å². The lowest BCUT2D eigenvalue weighted by molar-refractivity contribution is -0.138. The minimum atomic E-state index is -0.919. The van der Waals surface area contributed by atoms with Gasteiger partial charge in [-0.15, -0.1) is 0 Å². The molecule has 0 aliphatic heterocycles. The highest BCUT2D eigenvalue weighted by atomic mass is 16.4. The third kappa shape index (κ3) is 4.57. The summed E-state index contributed by atoms with van der Waals surface area (Å²) in [5.74, 6) is -1.69. The number of benzene rings is 1. The summed E-state index contributed by atoms with van der Waals surface area (Å²) in [6.07, 6.45) is 2.24. The van der Waals surface area contributed by atoms with Crippen LogP contribution in [0.25, 0.3) is 0 Å². The van der Waals surface area contributed by atoms with Crippen molar-refractivity contribution in [2.24, 2.45) is 0 Å². The Balaban J connectivity index is 2.55. The smallest absolute Gasteiger partial charge is 0.312 e. The second-order valence-corrected chi connectivity index (χ2v) is 4.21. The zero-order chi connectivity index (χ0) is 13.4. The molecule has 0 heterocycles. The number of hydrogen-bond acceptors (Lipinski definition) is 2. The molecule has 4 heteroatoms. The summed E-state index contributed by atoms with van der Waals surface area (Å²) in [5.41, 5.74) is 0.709. The molecular weight excluding hydrogens is 230 g/mol. The third-order valence-corrected chi connectivity index (χ3v) is 2.76. The quantitative estimate of drug-likeness (QED) is 0.778. The molecule has 98 valence electrons. The molecule has 1 aromatic rings. The maximum Gasteiger partial charge on any atom is 0.312 e. The van der Waals surface area contributed by atoms with E-state index in [1.54, 1.807) is 24.3 Å². The standard InChI is InChI=1S/C14H19NO3/c1-2-3-9-13(16)15-10-12(14(17)18)11-7-5-4-6-8-11/h4-8,12H,2-3,9-10H2,1H3,(H,15,16)(H,17,18). The van der Waals surface area contributed by atoms with E-state index < -0.39 is 11.9 Å². The lowest BCUT2D eigenvalue weighted by Gasteiger charge is -2.13. The fourth-order valence-corrected chi connectivity index (χ4v) is 1.67. The topological polar surface area (TPSA) is 66.4 Å². The molecule has 1 unspecified atom stereocenters. The van der Waals surface area contributed by atoms with Crippen LogP contribution in [-0.2, 0) is 9.59 Å². The minimum Gasteiger partial charge on any atom is -0.481 e. The van der Waals surface area contributed by atoms with Crippen LogP contribution in [-0.4, -0.2) is 23.5 Å². The lowest BCUT2D eigenvalue weighted by atomic mass is 9.99. The summed E-state index contributed by atoms with van der Waals surface area (Å²) >= 11 is 0. The predicted octanol–water partition coefficient (Wildman–Crippen LogP) is 2.16. The van der Waals surface area contributed by atoms with Gasteiger partial charge in [-0.1, -0.05) is 43.7 Å². The van der Waals surface area contributed by atoms with Crippen molar-refractivity contribution in [2.45, 2.75) is 32.1 Å². The molecule has 18 heavy (non-hydrogen) atoms. The van der Waals surface area contributed by atoms with Gasteiger partial charge in [0.1, 0.15) is 0 Å². The molecule has 2 N–H and O–H groups in total. The zero-order valence-corrected chi connectivity index (χ0v) is 10.6. The van der Waals surface area contributed by atoms with Gasteiger partial charge in [-0.3, -0.25) is 9.59 Å². The van der Waals surface area contributed by atoms with Gasteiger partial charge in [0, 0.05) is 13.0 Å². The van der Waals surface area contributed by atoms with Crippen LogP contribution in [0.4, 0.5) is 0 Å². The Morgan fingerprint density at radius 2 is 1.94 bits per heavy atom. The van der Waals surface area contributed by atoms with E-state index >= 15 is 0 Å². The van der Waals surface area contributed by atoms with E-state index in [2.05, 4.69) is 5.32 Å². The van der Waals surface area contributed by atoms with Gasteiger partial charge in [-0.2, -0.15) is 0 Å². The lowest BCUT2D eigenvalue weighted by Crippen LogP contribution is -2.31. The van der Waals surface area contributed by atoms with Gasteiger partial charge >= 0.3 is 5.97 Å². The molecule has 0 saturated carbocycles. The highest BCUT2D eigenvalue weighted by Gasteiger charge is 2.19. The van der Waals surface area contributed by atoms with Crippen molar-refractivity contribution in [2.75, 3.05) is 6.54 Å². The zero-order valence-electron chi connectivity index (χ0n) is 10.6. The summed E-state index contributed by atoms with van der Waals surface area (Å²) in [4.78, 5) is 22.6. The molecule has 0 bridgehead atoms. The number of carboxylic acids is 1. The molecule has 1 rings (SSSR count). The number of carboxylic acid groups (broad SMARTS) is 1. The van der Waals surface area contributed by atoms with Crippen molar-refractivity contribution in [3.05, 3.63) is 35.9 Å². The molecule has 1 amide bonds. The van der Waals surface area contributed by atoms with Gasteiger partial charge in [-0.25, -0.2) is 0 Å². The summed E-state index contributed by atoms with van der Waals surface area (Å²) in [6, 6.07) is 8.95. The third-order valence-electron chi connectivity index (χ3n) is 2.76. The summed E-state index contributed by atoms with van der Waals surface area (Å²) in [6.45, 7) is 2.15. The average molecular weight is 249 g/mol. The van der Waals surface area contributed by atoms with Crippen molar-refractivity contribution >= 4 is 11.9 Å². The second kappa shape index (κ2) is 7.48. The SMILES string of the molecule is CCCCC(=O)NCC(C(=O)O)c1ccccc1. The first-order valence-corrected chi connectivity index (χ1v) is 6.19. The Kier molecular flexibility index (Phi) is 5.91. The van der Waals surface area contributed by atoms with E-state index in [9.17, 15) is 9.59 Å². The first-order chi connectivity index (χ1) is 8.65. The summed E-state index contributed by atoms with van der Waals surface area (Å²) in [5, 5.41) is 11.8. The average Bonchev–Trinajstić information content (AvgIpc) is 2.37. The Morgan fingerprint density at radius 3 is 2.50 bits per heavy atom. The molecule has 0 radical (unpaired) electrons. The number of hydrogen-bond donors (Lipinski definition) is 2. The van der Waals surface area contributed by atoms with E-state index in [1.807, 2.05) is 13.0 Å². The molecular formula is C14H19NO3. The molecule has 0 aliphatic rings. The van der Waals surface area contributed by atoms with E-state index in [-0.39, 0.29) is 12.5 Å². The first kappa shape index (κ1) is 14.2. The Hall–Kier alpha value is -1.84. The van der Waals surface area contributed by atoms with Crippen LogP contribution in [0.1, 0.15) is 37.7 Å². The number of aliphatic carboxylic acids is 1. The van der Waals surface area contributed by atoms with Crippen LogP contribution in [0.5, 0.6) is 0 Å². The largest absolute Gasteiger partial charge is 0.481 e. The number of unbranched alkanes of at least 4 members (excludes halogenated alkanes) is 1. The number of carbonyl (C=O) groups is 2. The van der Waals surface area contributed by atoms with Gasteiger partial charge in [0.15, 0.2) is 0 Å². The maximum atomic E-state index is 11.5. The van der Waals surface area contributed by atoms with Crippen LogP contribution in [0.2, 0.25) is 0 Å². The molecule has 1 aromatic carbocycles. The highest BCUT2D eigenvalue weighted by molar-refractivity contribution is 5.79. The van der Waals surface area contributed by atoms with Gasteiger partial charge in [0.25, 0.3) is 0 Å². The van der Waals surface area contributed by atoms with Crippen molar-refractivity contribution in [1.82, 2.24) is 5.32 Å². The molecule has 0 saturated heterocycles. The van der Waals surface area contributed by atoms with Gasteiger partial charge in [0.05, 0.1) is 5.92 Å². The maximum absolute atomic E-state index is 11.5. The first-order valence-electron chi connectivity index (χ1n) is 6.19. The van der Waals surface area contributed by atoms with E-state index in [1.165, 1.54) is 0 Å². The number of rotatable bonds is 7. The van der Waals surface area contributed by atoms with Gasteiger partial charge in [-0.05, 0) is 12.0 Å². The minimum absolute atomic E-state index is 0.0842. The second-order valence-electron chi connectivity index (χ2n) is 4.21. The number of nitrogens with one attached hydrogen (secondary N) is 1. The van der Waals surface area contributed by atoms with Gasteiger partial charge < -0.3 is 10.4 Å². The fourth-order valence-electron chi connectivity index (χ4n) is 1.67. The van der Waals surface area contributed by atoms with Crippen LogP contribution >= 0.6 is 0 Å². The van der Waals surface area contributed by atoms with Crippen LogP contribution < -0.4 is 5.32 Å².